The number of hydrogen-bond donors (Lipinski definition) is 1. The number of benzene rings is 1. The molecule has 0 fully saturated rings. The van der Waals surface area contributed by atoms with Gasteiger partial charge in [-0.15, -0.1) is 0 Å². The highest BCUT2D eigenvalue weighted by Gasteiger charge is 2.05. The zero-order valence-corrected chi connectivity index (χ0v) is 9.47. The number of carbonyl (C=O) groups excluding carboxylic acids is 1. The highest BCUT2D eigenvalue weighted by molar-refractivity contribution is 5.92. The lowest BCUT2D eigenvalue weighted by Gasteiger charge is -1.99. The zero-order chi connectivity index (χ0) is 12.3. The van der Waals surface area contributed by atoms with Gasteiger partial charge in [-0.2, -0.15) is 0 Å². The summed E-state index contributed by atoms with van der Waals surface area (Å²) in [5, 5.41) is 0. The predicted octanol–water partition coefficient (Wildman–Crippen LogP) is 1.30. The first kappa shape index (κ1) is 11.3. The maximum absolute atomic E-state index is 10.9. The molecule has 0 spiro atoms. The number of aromatic nitrogens is 1. The lowest BCUT2D eigenvalue weighted by Crippen LogP contribution is -2.33. The summed E-state index contributed by atoms with van der Waals surface area (Å²) < 4.78 is 1.99. The fraction of sp³-hybridized carbons (Fsp3) is 0.0714. The van der Waals surface area contributed by atoms with Gasteiger partial charge in [0.05, 0.1) is 5.56 Å². The van der Waals surface area contributed by atoms with Crippen molar-refractivity contribution in [2.45, 2.75) is 6.54 Å². The van der Waals surface area contributed by atoms with Gasteiger partial charge < -0.3 is 5.73 Å². The molecule has 0 aliphatic heterocycles. The molecule has 0 aliphatic carbocycles. The van der Waals surface area contributed by atoms with E-state index in [0.717, 1.165) is 12.1 Å². The van der Waals surface area contributed by atoms with Crippen LogP contribution in [0.2, 0.25) is 0 Å². The Labute approximate surface area is 101 Å². The fourth-order valence-corrected chi connectivity index (χ4v) is 1.58. The first-order chi connectivity index (χ1) is 8.15. The molecular formula is C14H14N2O+. The molecule has 3 nitrogen and oxygen atoms in total. The molecule has 1 radical (unpaired) electrons. The minimum Gasteiger partial charge on any atom is -0.366 e. The van der Waals surface area contributed by atoms with Gasteiger partial charge in [0.25, 0.3) is 0 Å². The molecule has 0 unspecified atom stereocenters. The summed E-state index contributed by atoms with van der Waals surface area (Å²) in [6.45, 7) is 4.60. The van der Waals surface area contributed by atoms with Crippen LogP contribution in [0.25, 0.3) is 0 Å². The maximum Gasteiger partial charge on any atom is 0.249 e. The van der Waals surface area contributed by atoms with E-state index in [4.69, 9.17) is 5.73 Å². The number of pyridine rings is 1. The second-order valence-corrected chi connectivity index (χ2v) is 3.94. The number of primary amides is 1. The Balaban J connectivity index is 2.13. The van der Waals surface area contributed by atoms with Gasteiger partial charge in [0, 0.05) is 17.7 Å². The quantitative estimate of drug-likeness (QED) is 0.788. The predicted molar refractivity (Wildman–Crippen MR) is 65.2 cm³/mol. The summed E-state index contributed by atoms with van der Waals surface area (Å²) in [7, 11) is 0. The number of nitrogens with zero attached hydrogens (tertiary/aromatic N) is 1. The van der Waals surface area contributed by atoms with Crippen molar-refractivity contribution >= 4 is 5.91 Å². The molecule has 1 heterocycles. The second-order valence-electron chi connectivity index (χ2n) is 3.94. The molecule has 85 valence electrons. The number of nitrogens with two attached hydrogens (primary N) is 1. The Morgan fingerprint density at radius 1 is 1.12 bits per heavy atom. The SMILES string of the molecule is [CH2]c1ccc(C[n+]2ccc(C(N)=O)cc2)cc1. The normalized spacial score (nSPS) is 10.2. The highest BCUT2D eigenvalue weighted by Crippen LogP contribution is 2.02. The average molecular weight is 226 g/mol. The Bertz CT molecular complexity index is 515. The standard InChI is InChI=1S/C14H13N2O/c1-11-2-4-12(5-3-11)10-16-8-6-13(7-9-16)14(15)17/h2-9H,1,10H2,(H-,15,17)/p+1. The van der Waals surface area contributed by atoms with Crippen LogP contribution >= 0.6 is 0 Å². The number of amides is 1. The van der Waals surface area contributed by atoms with E-state index < -0.39 is 5.91 Å². The summed E-state index contributed by atoms with van der Waals surface area (Å²) in [5.74, 6) is -0.404. The van der Waals surface area contributed by atoms with Crippen molar-refractivity contribution in [3.8, 4) is 0 Å². The van der Waals surface area contributed by atoms with Gasteiger partial charge >= 0.3 is 0 Å². The third kappa shape index (κ3) is 2.91. The van der Waals surface area contributed by atoms with Crippen LogP contribution in [0.4, 0.5) is 0 Å². The lowest BCUT2D eigenvalue weighted by atomic mass is 10.1. The third-order valence-electron chi connectivity index (χ3n) is 2.56. The number of rotatable bonds is 3. The van der Waals surface area contributed by atoms with Crippen LogP contribution in [0.5, 0.6) is 0 Å². The van der Waals surface area contributed by atoms with Gasteiger partial charge in [-0.05, 0) is 12.5 Å². The van der Waals surface area contributed by atoms with Gasteiger partial charge in [0.15, 0.2) is 18.9 Å². The molecule has 1 aromatic carbocycles. The topological polar surface area (TPSA) is 47.0 Å². The Morgan fingerprint density at radius 2 is 1.71 bits per heavy atom. The minimum atomic E-state index is -0.404. The van der Waals surface area contributed by atoms with Gasteiger partial charge in [-0.25, -0.2) is 4.57 Å². The molecule has 0 aliphatic rings. The van der Waals surface area contributed by atoms with Crippen LogP contribution in [0.3, 0.4) is 0 Å². The fourth-order valence-electron chi connectivity index (χ4n) is 1.58. The van der Waals surface area contributed by atoms with Crippen molar-refractivity contribution in [1.29, 1.82) is 0 Å². The van der Waals surface area contributed by atoms with Crippen molar-refractivity contribution in [3.63, 3.8) is 0 Å². The molecule has 1 aromatic heterocycles. The van der Waals surface area contributed by atoms with E-state index in [0.29, 0.717) is 5.56 Å². The summed E-state index contributed by atoms with van der Waals surface area (Å²) in [4.78, 5) is 10.9. The van der Waals surface area contributed by atoms with E-state index in [1.807, 2.05) is 41.2 Å². The summed E-state index contributed by atoms with van der Waals surface area (Å²) >= 11 is 0. The summed E-state index contributed by atoms with van der Waals surface area (Å²) in [5.41, 5.74) is 7.89. The van der Waals surface area contributed by atoms with E-state index in [2.05, 4.69) is 6.92 Å². The van der Waals surface area contributed by atoms with Gasteiger partial charge in [0.2, 0.25) is 5.91 Å². The maximum atomic E-state index is 10.9. The first-order valence-corrected chi connectivity index (χ1v) is 5.35. The average Bonchev–Trinajstić information content (AvgIpc) is 2.33. The third-order valence-corrected chi connectivity index (χ3v) is 2.56. The summed E-state index contributed by atoms with van der Waals surface area (Å²) in [6, 6.07) is 11.5. The Kier molecular flexibility index (Phi) is 3.19. The molecular weight excluding hydrogens is 212 g/mol. The van der Waals surface area contributed by atoms with Crippen LogP contribution in [-0.2, 0) is 6.54 Å². The van der Waals surface area contributed by atoms with Gasteiger partial charge in [0.1, 0.15) is 0 Å². The van der Waals surface area contributed by atoms with Crippen LogP contribution in [0, 0.1) is 6.92 Å². The molecule has 17 heavy (non-hydrogen) atoms. The van der Waals surface area contributed by atoms with E-state index in [1.54, 1.807) is 12.1 Å². The smallest absolute Gasteiger partial charge is 0.249 e. The van der Waals surface area contributed by atoms with E-state index in [1.165, 1.54) is 5.56 Å². The lowest BCUT2D eigenvalue weighted by molar-refractivity contribution is -0.688. The van der Waals surface area contributed by atoms with Crippen molar-refractivity contribution in [1.82, 2.24) is 0 Å². The van der Waals surface area contributed by atoms with Gasteiger partial charge in [-0.3, -0.25) is 4.79 Å². The monoisotopic (exact) mass is 226 g/mol. The molecule has 2 rings (SSSR count). The molecule has 3 heteroatoms. The number of carbonyl (C=O) groups is 1. The van der Waals surface area contributed by atoms with Crippen LogP contribution in [-0.4, -0.2) is 5.91 Å². The van der Waals surface area contributed by atoms with Gasteiger partial charge in [-0.1, -0.05) is 24.3 Å². The highest BCUT2D eigenvalue weighted by atomic mass is 16.1. The molecule has 2 N–H and O–H groups in total. The van der Waals surface area contributed by atoms with E-state index in [-0.39, 0.29) is 0 Å². The van der Waals surface area contributed by atoms with Crippen molar-refractivity contribution < 1.29 is 9.36 Å². The zero-order valence-electron chi connectivity index (χ0n) is 9.47. The molecule has 0 saturated carbocycles. The minimum absolute atomic E-state index is 0.404. The van der Waals surface area contributed by atoms with Crippen molar-refractivity contribution in [2.24, 2.45) is 5.73 Å². The molecule has 0 saturated heterocycles. The molecule has 0 atom stereocenters. The number of hydrogen-bond acceptors (Lipinski definition) is 1. The van der Waals surface area contributed by atoms with Crippen molar-refractivity contribution in [3.05, 3.63) is 72.4 Å². The Hall–Kier alpha value is -2.16. The summed E-state index contributed by atoms with van der Waals surface area (Å²) in [6.07, 6.45) is 3.69. The van der Waals surface area contributed by atoms with E-state index >= 15 is 0 Å². The largest absolute Gasteiger partial charge is 0.366 e. The molecule has 1 amide bonds. The van der Waals surface area contributed by atoms with Crippen LogP contribution in [0.15, 0.2) is 48.8 Å². The van der Waals surface area contributed by atoms with Crippen molar-refractivity contribution in [2.75, 3.05) is 0 Å². The van der Waals surface area contributed by atoms with Crippen LogP contribution < -0.4 is 10.3 Å². The van der Waals surface area contributed by atoms with E-state index in [9.17, 15) is 4.79 Å². The molecule has 0 bridgehead atoms. The Morgan fingerprint density at radius 3 is 2.24 bits per heavy atom. The second kappa shape index (κ2) is 4.78. The first-order valence-electron chi connectivity index (χ1n) is 5.35. The van der Waals surface area contributed by atoms with Crippen LogP contribution in [0.1, 0.15) is 21.5 Å². The molecule has 2 aromatic rings.